The highest BCUT2D eigenvalue weighted by Gasteiger charge is 2.05. The monoisotopic (exact) mass is 157 g/mol. The molecule has 0 aromatic carbocycles. The number of ketones is 1. The molecule has 1 heterocycles. The zero-order chi connectivity index (χ0) is 7.56. The van der Waals surface area contributed by atoms with Crippen LogP contribution in [0.5, 0.6) is 0 Å². The molecule has 0 spiro atoms. The molecular weight excluding hydrogens is 150 g/mol. The quantitative estimate of drug-likeness (QED) is 0.471. The fourth-order valence-electron chi connectivity index (χ4n) is 0.819. The second kappa shape index (κ2) is 2.88. The maximum Gasteiger partial charge on any atom is 0.193 e. The summed E-state index contributed by atoms with van der Waals surface area (Å²) < 4.78 is 1.75. The topological polar surface area (TPSA) is 22.0 Å². The molecule has 3 heteroatoms. The highest BCUT2D eigenvalue weighted by molar-refractivity contribution is 6.30. The van der Waals surface area contributed by atoms with Gasteiger partial charge in [-0.25, -0.2) is 0 Å². The third kappa shape index (κ3) is 1.21. The normalized spacial score (nSPS) is 9.80. The van der Waals surface area contributed by atoms with E-state index in [1.165, 1.54) is 0 Å². The largest absolute Gasteiger partial charge is 0.348 e. The van der Waals surface area contributed by atoms with E-state index in [4.69, 9.17) is 11.6 Å². The summed E-state index contributed by atoms with van der Waals surface area (Å²) in [7, 11) is 1.82. The molecule has 1 rings (SSSR count). The molecule has 0 radical (unpaired) electrons. The minimum atomic E-state index is -0.0332. The van der Waals surface area contributed by atoms with Gasteiger partial charge in [0.1, 0.15) is 0 Å². The van der Waals surface area contributed by atoms with Gasteiger partial charge in [-0.05, 0) is 12.1 Å². The van der Waals surface area contributed by atoms with E-state index in [2.05, 4.69) is 0 Å². The summed E-state index contributed by atoms with van der Waals surface area (Å²) in [6.07, 6.45) is 1.82. The van der Waals surface area contributed by atoms with Crippen LogP contribution in [0.3, 0.4) is 0 Å². The molecule has 0 aliphatic carbocycles. The number of carbonyl (C=O) groups is 1. The lowest BCUT2D eigenvalue weighted by molar-refractivity contribution is 0.101. The van der Waals surface area contributed by atoms with Crippen LogP contribution in [0.25, 0.3) is 0 Å². The van der Waals surface area contributed by atoms with Crippen molar-refractivity contribution < 1.29 is 4.79 Å². The molecule has 0 aliphatic rings. The lowest BCUT2D eigenvalue weighted by Gasteiger charge is -1.96. The molecule has 0 N–H and O–H groups in total. The third-order valence-corrected chi connectivity index (χ3v) is 1.59. The average Bonchev–Trinajstić information content (AvgIpc) is 2.34. The lowest BCUT2D eigenvalue weighted by Crippen LogP contribution is -2.05. The number of rotatable bonds is 2. The van der Waals surface area contributed by atoms with Crippen LogP contribution < -0.4 is 0 Å². The second-order valence-corrected chi connectivity index (χ2v) is 2.33. The minimum Gasteiger partial charge on any atom is -0.348 e. The lowest BCUT2D eigenvalue weighted by atomic mass is 10.3. The fourth-order valence-corrected chi connectivity index (χ4v) is 0.956. The molecule has 2 nitrogen and oxygen atoms in total. The predicted octanol–water partition coefficient (Wildman–Crippen LogP) is 1.45. The van der Waals surface area contributed by atoms with Crippen LogP contribution >= 0.6 is 11.6 Å². The van der Waals surface area contributed by atoms with Crippen molar-refractivity contribution in [3.8, 4) is 0 Å². The van der Waals surface area contributed by atoms with Gasteiger partial charge in [0.2, 0.25) is 0 Å². The molecule has 0 bridgehead atoms. The fraction of sp³-hybridized carbons (Fsp3) is 0.286. The Balaban J connectivity index is 2.93. The molecule has 54 valence electrons. The Morgan fingerprint density at radius 3 is 2.90 bits per heavy atom. The van der Waals surface area contributed by atoms with Crippen LogP contribution in [-0.4, -0.2) is 16.2 Å². The van der Waals surface area contributed by atoms with E-state index in [0.717, 1.165) is 0 Å². The van der Waals surface area contributed by atoms with Gasteiger partial charge in [-0.3, -0.25) is 4.79 Å². The van der Waals surface area contributed by atoms with E-state index in [1.807, 2.05) is 19.3 Å². The molecule has 1 aromatic heterocycles. The summed E-state index contributed by atoms with van der Waals surface area (Å²) >= 11 is 5.35. The molecule has 0 unspecified atom stereocenters. The number of alkyl halides is 1. The number of carbonyl (C=O) groups excluding carboxylic acids is 1. The number of hydrogen-bond acceptors (Lipinski definition) is 1. The molecule has 1 aromatic rings. The SMILES string of the molecule is Cn1cccc1C(=O)CCl. The summed E-state index contributed by atoms with van der Waals surface area (Å²) in [5.74, 6) is 0.0202. The Kier molecular flexibility index (Phi) is 2.12. The maximum atomic E-state index is 10.9. The zero-order valence-electron chi connectivity index (χ0n) is 5.67. The number of hydrogen-bond donors (Lipinski definition) is 0. The summed E-state index contributed by atoms with van der Waals surface area (Å²) in [5, 5.41) is 0. The van der Waals surface area contributed by atoms with Crippen molar-refractivity contribution >= 4 is 17.4 Å². The Morgan fingerprint density at radius 2 is 2.50 bits per heavy atom. The van der Waals surface area contributed by atoms with Gasteiger partial charge in [0, 0.05) is 13.2 Å². The number of Topliss-reactive ketones (excluding diaryl/α,β-unsaturated/α-hetero) is 1. The molecule has 0 fully saturated rings. The van der Waals surface area contributed by atoms with Crippen LogP contribution in [0.2, 0.25) is 0 Å². The zero-order valence-corrected chi connectivity index (χ0v) is 6.43. The smallest absolute Gasteiger partial charge is 0.193 e. The van der Waals surface area contributed by atoms with Crippen molar-refractivity contribution in [1.82, 2.24) is 4.57 Å². The van der Waals surface area contributed by atoms with Crippen LogP contribution in [0.15, 0.2) is 18.3 Å². The highest BCUT2D eigenvalue weighted by Crippen LogP contribution is 2.01. The second-order valence-electron chi connectivity index (χ2n) is 2.06. The van der Waals surface area contributed by atoms with E-state index < -0.39 is 0 Å². The summed E-state index contributed by atoms with van der Waals surface area (Å²) in [5.41, 5.74) is 0.662. The van der Waals surface area contributed by atoms with Gasteiger partial charge in [0.05, 0.1) is 11.6 Å². The Labute approximate surface area is 64.4 Å². The maximum absolute atomic E-state index is 10.9. The molecule has 0 aliphatic heterocycles. The first-order valence-corrected chi connectivity index (χ1v) is 3.49. The van der Waals surface area contributed by atoms with Gasteiger partial charge in [0.25, 0.3) is 0 Å². The Bertz CT molecular complexity index is 242. The van der Waals surface area contributed by atoms with Gasteiger partial charge in [-0.15, -0.1) is 11.6 Å². The first-order valence-electron chi connectivity index (χ1n) is 2.96. The Hall–Kier alpha value is -0.760. The van der Waals surface area contributed by atoms with Crippen LogP contribution in [0.4, 0.5) is 0 Å². The van der Waals surface area contributed by atoms with Crippen LogP contribution in [0.1, 0.15) is 10.5 Å². The van der Waals surface area contributed by atoms with Crippen molar-refractivity contribution in [2.24, 2.45) is 7.05 Å². The highest BCUT2D eigenvalue weighted by atomic mass is 35.5. The van der Waals surface area contributed by atoms with E-state index in [9.17, 15) is 4.79 Å². The molecule has 0 saturated carbocycles. The minimum absolute atomic E-state index is 0.0332. The third-order valence-electron chi connectivity index (χ3n) is 1.35. The van der Waals surface area contributed by atoms with E-state index in [0.29, 0.717) is 5.69 Å². The molecular formula is C7H8ClNO. The number of nitrogens with zero attached hydrogens (tertiary/aromatic N) is 1. The van der Waals surface area contributed by atoms with Gasteiger partial charge in [-0.1, -0.05) is 0 Å². The predicted molar refractivity (Wildman–Crippen MR) is 40.5 cm³/mol. The number of aryl methyl sites for hydroxylation is 1. The van der Waals surface area contributed by atoms with Crippen molar-refractivity contribution in [1.29, 1.82) is 0 Å². The van der Waals surface area contributed by atoms with Gasteiger partial charge >= 0.3 is 0 Å². The van der Waals surface area contributed by atoms with E-state index in [-0.39, 0.29) is 11.7 Å². The van der Waals surface area contributed by atoms with Crippen molar-refractivity contribution in [3.63, 3.8) is 0 Å². The van der Waals surface area contributed by atoms with Crippen LogP contribution in [-0.2, 0) is 7.05 Å². The summed E-state index contributed by atoms with van der Waals surface area (Å²) in [6, 6.07) is 3.57. The molecule has 0 amide bonds. The average molecular weight is 158 g/mol. The standard InChI is InChI=1S/C7H8ClNO/c1-9-4-2-3-6(9)7(10)5-8/h2-4H,5H2,1H3. The van der Waals surface area contributed by atoms with E-state index >= 15 is 0 Å². The first-order chi connectivity index (χ1) is 4.75. The summed E-state index contributed by atoms with van der Waals surface area (Å²) in [6.45, 7) is 0. The van der Waals surface area contributed by atoms with Crippen LogP contribution in [0, 0.1) is 0 Å². The number of aromatic nitrogens is 1. The Morgan fingerprint density at radius 1 is 1.80 bits per heavy atom. The molecule has 0 saturated heterocycles. The van der Waals surface area contributed by atoms with Crippen molar-refractivity contribution in [2.45, 2.75) is 0 Å². The van der Waals surface area contributed by atoms with Crippen molar-refractivity contribution in [2.75, 3.05) is 5.88 Å². The molecule has 10 heavy (non-hydrogen) atoms. The molecule has 0 atom stereocenters. The van der Waals surface area contributed by atoms with E-state index in [1.54, 1.807) is 10.6 Å². The first kappa shape index (κ1) is 7.35. The van der Waals surface area contributed by atoms with Crippen molar-refractivity contribution in [3.05, 3.63) is 24.0 Å². The summed E-state index contributed by atoms with van der Waals surface area (Å²) in [4.78, 5) is 10.9. The number of halogens is 1. The van der Waals surface area contributed by atoms with Gasteiger partial charge in [-0.2, -0.15) is 0 Å². The van der Waals surface area contributed by atoms with Gasteiger partial charge in [0.15, 0.2) is 5.78 Å². The van der Waals surface area contributed by atoms with Gasteiger partial charge < -0.3 is 4.57 Å².